The number of carboxylic acid groups (broad SMARTS) is 1. The van der Waals surface area contributed by atoms with Crippen molar-refractivity contribution >= 4 is 5.97 Å². The highest BCUT2D eigenvalue weighted by Crippen LogP contribution is 2.17. The van der Waals surface area contributed by atoms with Crippen LogP contribution in [0.5, 0.6) is 0 Å². The second-order valence-corrected chi connectivity index (χ2v) is 4.77. The Kier molecular flexibility index (Phi) is 3.88. The summed E-state index contributed by atoms with van der Waals surface area (Å²) in [6.07, 6.45) is 0.870. The second-order valence-electron chi connectivity index (χ2n) is 4.77. The number of halogens is 1. The van der Waals surface area contributed by atoms with Crippen LogP contribution in [-0.4, -0.2) is 20.9 Å². The van der Waals surface area contributed by atoms with Gasteiger partial charge in [0.05, 0.1) is 17.8 Å². The van der Waals surface area contributed by atoms with Gasteiger partial charge in [0.2, 0.25) is 0 Å². The molecule has 0 spiro atoms. The third-order valence-electron chi connectivity index (χ3n) is 3.50. The van der Waals surface area contributed by atoms with Gasteiger partial charge in [-0.15, -0.1) is 0 Å². The first-order valence-electron chi connectivity index (χ1n) is 6.48. The first kappa shape index (κ1) is 14.2. The fourth-order valence-corrected chi connectivity index (χ4v) is 2.39. The minimum absolute atomic E-state index is 0.0821. The van der Waals surface area contributed by atoms with Crippen LogP contribution in [0, 0.1) is 19.7 Å². The average Bonchev–Trinajstić information content (AvgIpc) is 2.66. The van der Waals surface area contributed by atoms with Gasteiger partial charge in [0, 0.05) is 11.3 Å². The molecule has 1 aromatic heterocycles. The number of nitrogens with zero attached hydrogens (tertiary/aromatic N) is 2. The molecule has 106 valence electrons. The molecule has 0 atom stereocenters. The zero-order valence-corrected chi connectivity index (χ0v) is 11.8. The van der Waals surface area contributed by atoms with E-state index in [1.54, 1.807) is 4.68 Å². The maximum atomic E-state index is 13.8. The van der Waals surface area contributed by atoms with Gasteiger partial charge < -0.3 is 5.11 Å². The molecular formula is C15H17FN2O2. The summed E-state index contributed by atoms with van der Waals surface area (Å²) < 4.78 is 15.5. The van der Waals surface area contributed by atoms with Crippen LogP contribution in [0.25, 0.3) is 0 Å². The third kappa shape index (κ3) is 2.57. The summed E-state index contributed by atoms with van der Waals surface area (Å²) in [5.41, 5.74) is 3.49. The maximum Gasteiger partial charge on any atom is 0.335 e. The van der Waals surface area contributed by atoms with Gasteiger partial charge in [-0.1, -0.05) is 6.92 Å². The van der Waals surface area contributed by atoms with E-state index in [9.17, 15) is 9.18 Å². The van der Waals surface area contributed by atoms with Gasteiger partial charge >= 0.3 is 5.97 Å². The van der Waals surface area contributed by atoms with Crippen molar-refractivity contribution in [1.29, 1.82) is 0 Å². The summed E-state index contributed by atoms with van der Waals surface area (Å²) in [5.74, 6) is -1.48. The second kappa shape index (κ2) is 5.45. The van der Waals surface area contributed by atoms with Crippen molar-refractivity contribution in [2.75, 3.05) is 0 Å². The first-order chi connectivity index (χ1) is 9.43. The highest BCUT2D eigenvalue weighted by Gasteiger charge is 2.13. The van der Waals surface area contributed by atoms with E-state index in [1.165, 1.54) is 18.2 Å². The Labute approximate surface area is 116 Å². The van der Waals surface area contributed by atoms with Crippen molar-refractivity contribution in [3.05, 3.63) is 52.1 Å². The molecule has 0 bridgehead atoms. The molecule has 1 N–H and O–H groups in total. The number of rotatable bonds is 4. The van der Waals surface area contributed by atoms with E-state index < -0.39 is 11.8 Å². The Hall–Kier alpha value is -2.17. The highest BCUT2D eigenvalue weighted by molar-refractivity contribution is 5.87. The van der Waals surface area contributed by atoms with E-state index in [4.69, 9.17) is 5.11 Å². The highest BCUT2D eigenvalue weighted by atomic mass is 19.1. The molecule has 1 heterocycles. The molecule has 0 aliphatic heterocycles. The lowest BCUT2D eigenvalue weighted by Gasteiger charge is -2.07. The topological polar surface area (TPSA) is 55.1 Å². The third-order valence-corrected chi connectivity index (χ3v) is 3.50. The minimum atomic E-state index is -1.06. The van der Waals surface area contributed by atoms with Gasteiger partial charge in [0.25, 0.3) is 0 Å². The quantitative estimate of drug-likeness (QED) is 0.934. The first-order valence-corrected chi connectivity index (χ1v) is 6.48. The van der Waals surface area contributed by atoms with Crippen molar-refractivity contribution < 1.29 is 14.3 Å². The van der Waals surface area contributed by atoms with Crippen LogP contribution in [0.1, 0.15) is 39.8 Å². The zero-order valence-electron chi connectivity index (χ0n) is 11.8. The van der Waals surface area contributed by atoms with Crippen LogP contribution in [0.2, 0.25) is 0 Å². The van der Waals surface area contributed by atoms with E-state index in [-0.39, 0.29) is 12.1 Å². The molecule has 4 nitrogen and oxygen atoms in total. The van der Waals surface area contributed by atoms with Crippen LogP contribution in [-0.2, 0) is 13.0 Å². The van der Waals surface area contributed by atoms with E-state index in [2.05, 4.69) is 5.10 Å². The molecule has 0 unspecified atom stereocenters. The lowest BCUT2D eigenvalue weighted by Crippen LogP contribution is -2.08. The fourth-order valence-electron chi connectivity index (χ4n) is 2.39. The molecule has 0 saturated carbocycles. The number of aromatic carboxylic acids is 1. The van der Waals surface area contributed by atoms with Gasteiger partial charge in [-0.05, 0) is 44.0 Å². The van der Waals surface area contributed by atoms with E-state index >= 15 is 0 Å². The summed E-state index contributed by atoms with van der Waals surface area (Å²) >= 11 is 0. The molecule has 0 amide bonds. The van der Waals surface area contributed by atoms with Gasteiger partial charge in [-0.3, -0.25) is 4.68 Å². The summed E-state index contributed by atoms with van der Waals surface area (Å²) in [5, 5.41) is 13.4. The van der Waals surface area contributed by atoms with Crippen molar-refractivity contribution in [2.45, 2.75) is 33.7 Å². The molecule has 2 rings (SSSR count). The molecule has 0 aliphatic carbocycles. The number of benzene rings is 1. The number of aromatic nitrogens is 2. The number of carboxylic acids is 1. The van der Waals surface area contributed by atoms with Crippen molar-refractivity contribution in [3.8, 4) is 0 Å². The normalized spacial score (nSPS) is 10.8. The van der Waals surface area contributed by atoms with Crippen LogP contribution in [0.4, 0.5) is 4.39 Å². The summed E-state index contributed by atoms with van der Waals surface area (Å²) in [6, 6.07) is 3.81. The predicted molar refractivity (Wildman–Crippen MR) is 73.5 cm³/mol. The summed E-state index contributed by atoms with van der Waals surface area (Å²) in [7, 11) is 0. The molecule has 0 saturated heterocycles. The Morgan fingerprint density at radius 1 is 1.40 bits per heavy atom. The fraction of sp³-hybridized carbons (Fsp3) is 0.333. The van der Waals surface area contributed by atoms with Gasteiger partial charge in [0.1, 0.15) is 5.82 Å². The number of aryl methyl sites for hydroxylation is 1. The Morgan fingerprint density at radius 2 is 2.10 bits per heavy atom. The molecule has 5 heteroatoms. The predicted octanol–water partition coefficient (Wildman–Crippen LogP) is 2.95. The van der Waals surface area contributed by atoms with Crippen LogP contribution in [0.15, 0.2) is 18.2 Å². The molecule has 2 aromatic rings. The largest absolute Gasteiger partial charge is 0.478 e. The molecular weight excluding hydrogens is 259 g/mol. The molecule has 0 fully saturated rings. The summed E-state index contributed by atoms with van der Waals surface area (Å²) in [4.78, 5) is 10.9. The van der Waals surface area contributed by atoms with Crippen molar-refractivity contribution in [3.63, 3.8) is 0 Å². The standard InChI is InChI=1S/C15H17FN2O2/c1-4-13-9(2)17-18(10(13)3)8-12-7-11(15(19)20)5-6-14(12)16/h5-7H,4,8H2,1-3H3,(H,19,20). The average molecular weight is 276 g/mol. The zero-order chi connectivity index (χ0) is 14.9. The number of hydrogen-bond donors (Lipinski definition) is 1. The van der Waals surface area contributed by atoms with E-state index in [0.717, 1.165) is 23.4 Å². The lowest BCUT2D eigenvalue weighted by atomic mass is 10.1. The Morgan fingerprint density at radius 3 is 2.65 bits per heavy atom. The van der Waals surface area contributed by atoms with Crippen LogP contribution in [0.3, 0.4) is 0 Å². The van der Waals surface area contributed by atoms with Gasteiger partial charge in [0.15, 0.2) is 0 Å². The Bertz CT molecular complexity index is 662. The van der Waals surface area contributed by atoms with E-state index in [1.807, 2.05) is 20.8 Å². The maximum absolute atomic E-state index is 13.8. The van der Waals surface area contributed by atoms with Crippen molar-refractivity contribution in [2.24, 2.45) is 0 Å². The van der Waals surface area contributed by atoms with Crippen molar-refractivity contribution in [1.82, 2.24) is 9.78 Å². The molecule has 1 aromatic carbocycles. The number of carbonyl (C=O) groups is 1. The SMILES string of the molecule is CCc1c(C)nn(Cc2cc(C(=O)O)ccc2F)c1C. The number of hydrogen-bond acceptors (Lipinski definition) is 2. The molecule has 0 radical (unpaired) electrons. The minimum Gasteiger partial charge on any atom is -0.478 e. The van der Waals surface area contributed by atoms with Gasteiger partial charge in [-0.2, -0.15) is 5.10 Å². The van der Waals surface area contributed by atoms with Crippen LogP contribution < -0.4 is 0 Å². The van der Waals surface area contributed by atoms with Crippen LogP contribution >= 0.6 is 0 Å². The summed E-state index contributed by atoms with van der Waals surface area (Å²) in [6.45, 7) is 6.15. The monoisotopic (exact) mass is 276 g/mol. The smallest absolute Gasteiger partial charge is 0.335 e. The lowest BCUT2D eigenvalue weighted by molar-refractivity contribution is 0.0696. The molecule has 0 aliphatic rings. The Balaban J connectivity index is 2.39. The van der Waals surface area contributed by atoms with E-state index in [0.29, 0.717) is 5.56 Å². The molecule has 20 heavy (non-hydrogen) atoms. The van der Waals surface area contributed by atoms with Gasteiger partial charge in [-0.25, -0.2) is 9.18 Å².